The van der Waals surface area contributed by atoms with Gasteiger partial charge in [-0.05, 0) is 50.2 Å². The van der Waals surface area contributed by atoms with E-state index in [0.717, 1.165) is 25.7 Å². The van der Waals surface area contributed by atoms with E-state index in [2.05, 4.69) is 33.9 Å². The summed E-state index contributed by atoms with van der Waals surface area (Å²) >= 11 is 6.14. The molecule has 0 N–H and O–H groups in total. The molecule has 2 nitrogen and oxygen atoms in total. The molecule has 1 heterocycles. The van der Waals surface area contributed by atoms with Gasteiger partial charge in [-0.25, -0.2) is 0 Å². The minimum absolute atomic E-state index is 0.0675. The lowest BCUT2D eigenvalue weighted by molar-refractivity contribution is -0.0746. The molecule has 1 spiro atoms. The van der Waals surface area contributed by atoms with Crippen molar-refractivity contribution in [3.63, 3.8) is 0 Å². The number of rotatable bonds is 2. The molecule has 18 heavy (non-hydrogen) atoms. The summed E-state index contributed by atoms with van der Waals surface area (Å²) in [5, 5.41) is 0.260. The van der Waals surface area contributed by atoms with E-state index in [0.29, 0.717) is 0 Å². The summed E-state index contributed by atoms with van der Waals surface area (Å²) in [7, 11) is -1.71. The first-order chi connectivity index (χ1) is 8.16. The van der Waals surface area contributed by atoms with E-state index < -0.39 is 8.32 Å². The van der Waals surface area contributed by atoms with E-state index in [4.69, 9.17) is 20.8 Å². The van der Waals surface area contributed by atoms with Gasteiger partial charge >= 0.3 is 0 Å². The number of alkyl halides is 1. The lowest BCUT2D eigenvalue weighted by Gasteiger charge is -2.42. The molecular formula is C14H27ClO2Si. The first kappa shape index (κ1) is 14.8. The average Bonchev–Trinajstić information content (AvgIpc) is 2.74. The van der Waals surface area contributed by atoms with Gasteiger partial charge in [-0.2, -0.15) is 0 Å². The van der Waals surface area contributed by atoms with E-state index in [-0.39, 0.29) is 22.3 Å². The molecule has 0 bridgehead atoms. The molecule has 1 saturated heterocycles. The average molecular weight is 291 g/mol. The third-order valence-electron chi connectivity index (χ3n) is 5.05. The van der Waals surface area contributed by atoms with Crippen LogP contribution in [0.15, 0.2) is 0 Å². The highest BCUT2D eigenvalue weighted by Gasteiger charge is 2.52. The predicted octanol–water partition coefficient (Wildman–Crippen LogP) is 4.67. The van der Waals surface area contributed by atoms with Crippen LogP contribution in [-0.2, 0) is 9.16 Å². The van der Waals surface area contributed by atoms with Crippen LogP contribution in [0.25, 0.3) is 0 Å². The second-order valence-corrected chi connectivity index (χ2v) is 12.6. The minimum atomic E-state index is -1.71. The Morgan fingerprint density at radius 1 is 1.22 bits per heavy atom. The molecule has 1 saturated carbocycles. The first-order valence-electron chi connectivity index (χ1n) is 7.16. The van der Waals surface area contributed by atoms with Crippen LogP contribution in [0.1, 0.15) is 52.9 Å². The zero-order chi connectivity index (χ0) is 13.6. The minimum Gasteiger partial charge on any atom is -0.411 e. The van der Waals surface area contributed by atoms with Crippen molar-refractivity contribution in [3.05, 3.63) is 0 Å². The fourth-order valence-electron chi connectivity index (χ4n) is 2.86. The normalized spacial score (nSPS) is 37.7. The maximum atomic E-state index is 6.60. The Balaban J connectivity index is 2.09. The Hall–Kier alpha value is 0.427. The fraction of sp³-hybridized carbons (Fsp3) is 1.00. The summed E-state index contributed by atoms with van der Waals surface area (Å²) < 4.78 is 12.6. The van der Waals surface area contributed by atoms with Gasteiger partial charge in [-0.15, -0.1) is 0 Å². The monoisotopic (exact) mass is 290 g/mol. The first-order valence-corrected chi connectivity index (χ1v) is 10.5. The zero-order valence-corrected chi connectivity index (χ0v) is 14.1. The zero-order valence-electron chi connectivity index (χ0n) is 12.4. The lowest BCUT2D eigenvalue weighted by Crippen LogP contribution is -2.50. The smallest absolute Gasteiger partial charge is 0.192 e. The van der Waals surface area contributed by atoms with E-state index in [1.807, 2.05) is 0 Å². The quantitative estimate of drug-likeness (QED) is 0.543. The predicted molar refractivity (Wildman–Crippen MR) is 78.6 cm³/mol. The summed E-state index contributed by atoms with van der Waals surface area (Å²) in [5.74, 6) is 0. The van der Waals surface area contributed by atoms with Crippen molar-refractivity contribution in [3.8, 4) is 0 Å². The van der Waals surface area contributed by atoms with E-state index in [9.17, 15) is 0 Å². The molecule has 0 aromatic heterocycles. The third kappa shape index (κ3) is 2.65. The van der Waals surface area contributed by atoms with Gasteiger partial charge in [0, 0.05) is 0 Å². The van der Waals surface area contributed by atoms with Gasteiger partial charge in [0.1, 0.15) is 5.56 Å². The molecular weight excluding hydrogens is 264 g/mol. The van der Waals surface area contributed by atoms with Gasteiger partial charge in [0.2, 0.25) is 0 Å². The largest absolute Gasteiger partial charge is 0.411 e. The number of hydrogen-bond acceptors (Lipinski definition) is 2. The Morgan fingerprint density at radius 3 is 2.39 bits per heavy atom. The SMILES string of the molecule is CC(C)(C)[Si](C)(C)O[C@@H]1CCC[C@]12CCC(Cl)O2. The van der Waals surface area contributed by atoms with Crippen LogP contribution >= 0.6 is 11.6 Å². The molecule has 1 aliphatic heterocycles. The van der Waals surface area contributed by atoms with Crippen molar-refractivity contribution in [2.24, 2.45) is 0 Å². The summed E-state index contributed by atoms with van der Waals surface area (Å²) in [6.45, 7) is 11.5. The molecule has 2 rings (SSSR count). The van der Waals surface area contributed by atoms with Crippen molar-refractivity contribution in [2.75, 3.05) is 0 Å². The highest BCUT2D eigenvalue weighted by Crippen LogP contribution is 2.48. The Kier molecular flexibility index (Phi) is 3.92. The molecule has 2 fully saturated rings. The number of hydrogen-bond donors (Lipinski definition) is 0. The second kappa shape index (κ2) is 4.76. The summed E-state index contributed by atoms with van der Waals surface area (Å²) in [5.41, 5.74) is -0.171. The van der Waals surface area contributed by atoms with Crippen LogP contribution in [0.2, 0.25) is 18.1 Å². The van der Waals surface area contributed by atoms with E-state index >= 15 is 0 Å². The molecule has 106 valence electrons. The van der Waals surface area contributed by atoms with Gasteiger partial charge in [0.15, 0.2) is 8.32 Å². The third-order valence-corrected chi connectivity index (χ3v) is 9.85. The number of halogens is 1. The van der Waals surface area contributed by atoms with Crippen molar-refractivity contribution in [2.45, 2.75) is 88.3 Å². The van der Waals surface area contributed by atoms with Crippen LogP contribution in [0.5, 0.6) is 0 Å². The van der Waals surface area contributed by atoms with Crippen LogP contribution in [0.4, 0.5) is 0 Å². The fourth-order valence-corrected chi connectivity index (χ4v) is 4.54. The van der Waals surface area contributed by atoms with Gasteiger partial charge in [0.25, 0.3) is 0 Å². The van der Waals surface area contributed by atoms with Crippen molar-refractivity contribution < 1.29 is 9.16 Å². The topological polar surface area (TPSA) is 18.5 Å². The molecule has 3 atom stereocenters. The standard InChI is InChI=1S/C14H27ClO2Si/c1-13(2,3)18(4,5)17-11-7-6-9-14(11)10-8-12(15)16-14/h11-12H,6-10H2,1-5H3/t11-,12?,14+/m1/s1. The highest BCUT2D eigenvalue weighted by atomic mass is 35.5. The lowest BCUT2D eigenvalue weighted by atomic mass is 9.96. The van der Waals surface area contributed by atoms with Crippen molar-refractivity contribution in [1.82, 2.24) is 0 Å². The van der Waals surface area contributed by atoms with Crippen LogP contribution < -0.4 is 0 Å². The maximum Gasteiger partial charge on any atom is 0.192 e. The maximum absolute atomic E-state index is 6.60. The number of ether oxygens (including phenoxy) is 1. The Bertz CT molecular complexity index is 313. The van der Waals surface area contributed by atoms with Crippen LogP contribution in [0, 0.1) is 0 Å². The van der Waals surface area contributed by atoms with Crippen LogP contribution in [-0.4, -0.2) is 25.6 Å². The molecule has 0 radical (unpaired) electrons. The summed E-state index contributed by atoms with van der Waals surface area (Å²) in [6, 6.07) is 0. The summed E-state index contributed by atoms with van der Waals surface area (Å²) in [6.07, 6.45) is 5.77. The molecule has 0 aromatic carbocycles. The molecule has 2 aliphatic rings. The second-order valence-electron chi connectivity index (χ2n) is 7.39. The summed E-state index contributed by atoms with van der Waals surface area (Å²) in [4.78, 5) is 0. The Labute approximate surface area is 118 Å². The Morgan fingerprint density at radius 2 is 1.89 bits per heavy atom. The molecule has 1 aliphatic carbocycles. The van der Waals surface area contributed by atoms with E-state index in [1.54, 1.807) is 0 Å². The molecule has 1 unspecified atom stereocenters. The highest BCUT2D eigenvalue weighted by molar-refractivity contribution is 6.74. The molecule has 0 amide bonds. The van der Waals surface area contributed by atoms with Gasteiger partial charge in [-0.1, -0.05) is 32.4 Å². The van der Waals surface area contributed by atoms with Crippen LogP contribution in [0.3, 0.4) is 0 Å². The van der Waals surface area contributed by atoms with Crippen molar-refractivity contribution >= 4 is 19.9 Å². The van der Waals surface area contributed by atoms with E-state index in [1.165, 1.54) is 6.42 Å². The van der Waals surface area contributed by atoms with Crippen molar-refractivity contribution in [1.29, 1.82) is 0 Å². The molecule has 0 aromatic rings. The molecule has 4 heteroatoms. The van der Waals surface area contributed by atoms with Gasteiger partial charge < -0.3 is 9.16 Å². The van der Waals surface area contributed by atoms with Gasteiger partial charge in [-0.3, -0.25) is 0 Å². The van der Waals surface area contributed by atoms with Gasteiger partial charge in [0.05, 0.1) is 11.7 Å².